The van der Waals surface area contributed by atoms with E-state index in [1.807, 2.05) is 0 Å². The third kappa shape index (κ3) is 5.41. The molecular weight excluding hydrogens is 392 g/mol. The third-order valence-corrected chi connectivity index (χ3v) is 5.03. The van der Waals surface area contributed by atoms with Crippen LogP contribution in [0.4, 0.5) is 20.4 Å². The monoisotopic (exact) mass is 419 g/mol. The molecule has 1 atom stereocenters. The van der Waals surface area contributed by atoms with E-state index < -0.39 is 12.4 Å². The Labute approximate surface area is 174 Å². The summed E-state index contributed by atoms with van der Waals surface area (Å²) < 4.78 is 30.3. The smallest absolute Gasteiger partial charge is 0.387 e. The number of nitrogens with one attached hydrogen (secondary N) is 1. The number of hydrogen-bond donors (Lipinski definition) is 2. The highest BCUT2D eigenvalue weighted by Gasteiger charge is 2.25. The van der Waals surface area contributed by atoms with Gasteiger partial charge in [0.2, 0.25) is 5.78 Å². The molecule has 2 aromatic heterocycles. The molecule has 1 aliphatic heterocycles. The molecule has 0 aromatic carbocycles. The predicted octanol–water partition coefficient (Wildman–Crippen LogP) is 3.11. The molecule has 1 aliphatic rings. The minimum absolute atomic E-state index is 0.00798. The Hall–Kier alpha value is -2.81. The minimum atomic E-state index is -3.07. The summed E-state index contributed by atoms with van der Waals surface area (Å²) in [6.07, 6.45) is 3.58. The second kappa shape index (κ2) is 9.80. The van der Waals surface area contributed by atoms with Gasteiger partial charge in [-0.3, -0.25) is 4.79 Å². The average Bonchev–Trinajstić information content (AvgIpc) is 2.72. The van der Waals surface area contributed by atoms with E-state index in [0.717, 1.165) is 25.9 Å². The molecular formula is C21H27F2N5O2. The van der Waals surface area contributed by atoms with Gasteiger partial charge in [0.15, 0.2) is 11.4 Å². The summed E-state index contributed by atoms with van der Waals surface area (Å²) in [5.74, 6) is 0.269. The van der Waals surface area contributed by atoms with Crippen LogP contribution in [0.15, 0.2) is 30.5 Å². The number of anilines is 2. The highest BCUT2D eigenvalue weighted by molar-refractivity contribution is 6.12. The van der Waals surface area contributed by atoms with Gasteiger partial charge in [-0.15, -0.1) is 0 Å². The normalized spacial score (nSPS) is 16.9. The highest BCUT2D eigenvalue weighted by atomic mass is 19.3. The lowest BCUT2D eigenvalue weighted by Gasteiger charge is -2.35. The summed E-state index contributed by atoms with van der Waals surface area (Å²) in [6, 6.07) is 6.30. The van der Waals surface area contributed by atoms with Gasteiger partial charge in [-0.1, -0.05) is 13.8 Å². The Kier molecular flexibility index (Phi) is 7.15. The van der Waals surface area contributed by atoms with Crippen molar-refractivity contribution in [2.75, 3.05) is 30.3 Å². The first-order chi connectivity index (χ1) is 14.3. The molecule has 2 aromatic rings. The number of piperazine rings is 1. The van der Waals surface area contributed by atoms with Gasteiger partial charge in [0.1, 0.15) is 11.6 Å². The molecule has 0 aliphatic carbocycles. The number of ether oxygens (including phenoxy) is 1. The summed E-state index contributed by atoms with van der Waals surface area (Å²) in [5.41, 5.74) is 5.69. The quantitative estimate of drug-likeness (QED) is 0.635. The van der Waals surface area contributed by atoms with E-state index in [1.54, 1.807) is 12.1 Å². The van der Waals surface area contributed by atoms with Crippen molar-refractivity contribution in [2.24, 2.45) is 5.92 Å². The third-order valence-electron chi connectivity index (χ3n) is 5.03. The zero-order valence-electron chi connectivity index (χ0n) is 17.1. The van der Waals surface area contributed by atoms with Crippen LogP contribution in [0.2, 0.25) is 0 Å². The number of alkyl halides is 2. The molecule has 1 saturated heterocycles. The first kappa shape index (κ1) is 21.9. The van der Waals surface area contributed by atoms with Crippen molar-refractivity contribution in [1.82, 2.24) is 15.3 Å². The number of nitrogens with two attached hydrogens (primary N) is 1. The van der Waals surface area contributed by atoms with E-state index >= 15 is 0 Å². The number of rotatable bonds is 8. The Bertz CT molecular complexity index is 878. The number of ketones is 1. The highest BCUT2D eigenvalue weighted by Crippen LogP contribution is 2.27. The zero-order chi connectivity index (χ0) is 21.7. The van der Waals surface area contributed by atoms with Crippen molar-refractivity contribution in [3.8, 4) is 5.75 Å². The maximum absolute atomic E-state index is 13.0. The van der Waals surface area contributed by atoms with E-state index in [4.69, 9.17) is 5.73 Å². The summed E-state index contributed by atoms with van der Waals surface area (Å²) >= 11 is 0. The number of halogens is 2. The maximum Gasteiger partial charge on any atom is 0.387 e. The van der Waals surface area contributed by atoms with Gasteiger partial charge >= 0.3 is 6.61 Å². The molecule has 0 radical (unpaired) electrons. The molecule has 0 bridgehead atoms. The van der Waals surface area contributed by atoms with Crippen molar-refractivity contribution < 1.29 is 18.3 Å². The van der Waals surface area contributed by atoms with Crippen molar-refractivity contribution >= 4 is 17.4 Å². The van der Waals surface area contributed by atoms with Gasteiger partial charge in [0, 0.05) is 31.9 Å². The van der Waals surface area contributed by atoms with Gasteiger partial charge in [0.05, 0.1) is 5.56 Å². The van der Waals surface area contributed by atoms with Crippen LogP contribution in [-0.4, -0.2) is 48.0 Å². The van der Waals surface area contributed by atoms with Gasteiger partial charge in [-0.25, -0.2) is 9.97 Å². The lowest BCUT2D eigenvalue weighted by Crippen LogP contribution is -2.51. The topological polar surface area (TPSA) is 93.4 Å². The van der Waals surface area contributed by atoms with Gasteiger partial charge in [-0.05, 0) is 43.0 Å². The van der Waals surface area contributed by atoms with Gasteiger partial charge in [-0.2, -0.15) is 8.78 Å². The lowest BCUT2D eigenvalue weighted by molar-refractivity contribution is -0.0503. The van der Waals surface area contributed by atoms with Crippen LogP contribution in [0.25, 0.3) is 0 Å². The van der Waals surface area contributed by atoms with Crippen LogP contribution in [0.5, 0.6) is 5.75 Å². The van der Waals surface area contributed by atoms with Crippen LogP contribution in [0.3, 0.4) is 0 Å². The SMILES string of the molecule is CC(C)CC[C@H]1CN(c2ccc(OC(F)F)c(C(=O)c3cccnc3N)n2)CCN1. The number of carbonyl (C=O) groups excluding carboxylic acids is 1. The van der Waals surface area contributed by atoms with E-state index in [-0.39, 0.29) is 22.8 Å². The second-order valence-corrected chi connectivity index (χ2v) is 7.73. The minimum Gasteiger partial charge on any atom is -0.432 e. The van der Waals surface area contributed by atoms with Crippen molar-refractivity contribution in [1.29, 1.82) is 0 Å². The number of nitrogens with zero attached hydrogens (tertiary/aromatic N) is 3. The fraction of sp³-hybridized carbons (Fsp3) is 0.476. The fourth-order valence-electron chi connectivity index (χ4n) is 3.46. The predicted molar refractivity (Wildman–Crippen MR) is 111 cm³/mol. The van der Waals surface area contributed by atoms with Gasteiger partial charge in [0.25, 0.3) is 0 Å². The van der Waals surface area contributed by atoms with E-state index in [9.17, 15) is 13.6 Å². The first-order valence-corrected chi connectivity index (χ1v) is 10.0. The van der Waals surface area contributed by atoms with Crippen LogP contribution in [-0.2, 0) is 0 Å². The van der Waals surface area contributed by atoms with Crippen molar-refractivity contribution in [2.45, 2.75) is 39.3 Å². The van der Waals surface area contributed by atoms with Crippen LogP contribution in [0, 0.1) is 5.92 Å². The maximum atomic E-state index is 13.0. The Morgan fingerprint density at radius 3 is 2.87 bits per heavy atom. The molecule has 1 fully saturated rings. The molecule has 3 heterocycles. The van der Waals surface area contributed by atoms with E-state index in [0.29, 0.717) is 24.3 Å². The Morgan fingerprint density at radius 2 is 2.17 bits per heavy atom. The molecule has 0 saturated carbocycles. The number of nitrogen functional groups attached to an aromatic ring is 1. The summed E-state index contributed by atoms with van der Waals surface area (Å²) in [5, 5.41) is 3.50. The Balaban J connectivity index is 1.89. The molecule has 0 amide bonds. The van der Waals surface area contributed by atoms with Crippen molar-refractivity contribution in [3.05, 3.63) is 41.7 Å². The molecule has 3 rings (SSSR count). The molecule has 162 valence electrons. The molecule has 9 heteroatoms. The van der Waals surface area contributed by atoms with Gasteiger partial charge < -0.3 is 20.7 Å². The summed E-state index contributed by atoms with van der Waals surface area (Å²) in [7, 11) is 0. The lowest BCUT2D eigenvalue weighted by atomic mass is 10.0. The summed E-state index contributed by atoms with van der Waals surface area (Å²) in [6.45, 7) is 3.49. The largest absolute Gasteiger partial charge is 0.432 e. The van der Waals surface area contributed by atoms with E-state index in [2.05, 4.69) is 38.8 Å². The van der Waals surface area contributed by atoms with Crippen molar-refractivity contribution in [3.63, 3.8) is 0 Å². The first-order valence-electron chi connectivity index (χ1n) is 10.0. The van der Waals surface area contributed by atoms with Crippen LogP contribution >= 0.6 is 0 Å². The molecule has 3 N–H and O–H groups in total. The van der Waals surface area contributed by atoms with Crippen LogP contribution in [0.1, 0.15) is 42.7 Å². The number of aromatic nitrogens is 2. The number of pyridine rings is 2. The van der Waals surface area contributed by atoms with Crippen LogP contribution < -0.4 is 20.7 Å². The summed E-state index contributed by atoms with van der Waals surface area (Å²) in [4.78, 5) is 23.4. The molecule has 0 unspecified atom stereocenters. The van der Waals surface area contributed by atoms with E-state index in [1.165, 1.54) is 18.3 Å². The molecule has 7 nitrogen and oxygen atoms in total. The molecule has 30 heavy (non-hydrogen) atoms. The number of hydrogen-bond acceptors (Lipinski definition) is 7. The standard InChI is InChI=1S/C21H27F2N5O2/c1-13(2)5-6-14-12-28(11-10-25-14)17-8-7-16(30-21(22)23)18(27-17)19(29)15-4-3-9-26-20(15)24/h3-4,7-9,13-14,21,25H,5-6,10-12H2,1-2H3,(H2,24,26)/t14-/m0/s1. The number of carbonyl (C=O) groups is 1. The zero-order valence-corrected chi connectivity index (χ0v) is 17.1. The average molecular weight is 419 g/mol. The second-order valence-electron chi connectivity index (χ2n) is 7.73. The fourth-order valence-corrected chi connectivity index (χ4v) is 3.46. The molecule has 0 spiro atoms. The Morgan fingerprint density at radius 1 is 1.37 bits per heavy atom.